The van der Waals surface area contributed by atoms with Gasteiger partial charge in [-0.3, -0.25) is 14.9 Å². The molecule has 0 bridgehead atoms. The van der Waals surface area contributed by atoms with Gasteiger partial charge < -0.3 is 10.1 Å². The number of sulfonamides is 1. The molecule has 0 atom stereocenters. The number of hydrogen-bond acceptors (Lipinski definition) is 8. The summed E-state index contributed by atoms with van der Waals surface area (Å²) >= 11 is 0.780. The van der Waals surface area contributed by atoms with Crippen molar-refractivity contribution in [3.8, 4) is 5.75 Å². The Hall–Kier alpha value is -2.57. The number of anilines is 1. The first-order valence-electron chi connectivity index (χ1n) is 8.36. The van der Waals surface area contributed by atoms with E-state index >= 15 is 0 Å². The molecular weight excluding hydrogens is 408 g/mol. The Bertz CT molecular complexity index is 965. The van der Waals surface area contributed by atoms with E-state index in [0.29, 0.717) is 18.6 Å². The van der Waals surface area contributed by atoms with E-state index in [2.05, 4.69) is 10.3 Å². The van der Waals surface area contributed by atoms with E-state index in [1.165, 1.54) is 23.5 Å². The number of amides is 1. The molecule has 10 nitrogen and oxygen atoms in total. The molecule has 0 saturated carbocycles. The molecule has 0 spiro atoms. The van der Waals surface area contributed by atoms with E-state index < -0.39 is 14.9 Å². The summed E-state index contributed by atoms with van der Waals surface area (Å²) in [5.74, 6) is -0.132. The van der Waals surface area contributed by atoms with Gasteiger partial charge in [-0.05, 0) is 48.4 Å². The van der Waals surface area contributed by atoms with Gasteiger partial charge in [0.1, 0.15) is 11.9 Å². The van der Waals surface area contributed by atoms with Crippen LogP contribution in [-0.4, -0.2) is 48.7 Å². The van der Waals surface area contributed by atoms with Gasteiger partial charge in [-0.25, -0.2) is 13.4 Å². The van der Waals surface area contributed by atoms with E-state index in [9.17, 15) is 23.3 Å². The van der Waals surface area contributed by atoms with Gasteiger partial charge in [0.25, 0.3) is 0 Å². The summed E-state index contributed by atoms with van der Waals surface area (Å²) in [5.41, 5.74) is 0. The van der Waals surface area contributed by atoms with Crippen LogP contribution >= 0.6 is 11.3 Å². The SMILES string of the molecule is COc1ccc(S(=O)(=O)N2CCC(C(=O)Nc3ncc([N+](=O)[O-])s3)CC2)cc1. The third-order valence-electron chi connectivity index (χ3n) is 4.43. The van der Waals surface area contributed by atoms with Crippen molar-refractivity contribution in [1.82, 2.24) is 9.29 Å². The van der Waals surface area contributed by atoms with E-state index in [0.717, 1.165) is 17.5 Å². The van der Waals surface area contributed by atoms with E-state index in [1.54, 1.807) is 12.1 Å². The number of nitrogens with zero attached hydrogens (tertiary/aromatic N) is 3. The molecule has 1 aliphatic heterocycles. The van der Waals surface area contributed by atoms with Crippen molar-refractivity contribution in [2.24, 2.45) is 5.92 Å². The maximum absolute atomic E-state index is 12.7. The number of methoxy groups -OCH3 is 1. The van der Waals surface area contributed by atoms with Crippen molar-refractivity contribution in [3.63, 3.8) is 0 Å². The molecule has 1 saturated heterocycles. The molecule has 28 heavy (non-hydrogen) atoms. The van der Waals surface area contributed by atoms with Crippen LogP contribution in [0.5, 0.6) is 5.75 Å². The van der Waals surface area contributed by atoms with Gasteiger partial charge in [-0.15, -0.1) is 0 Å². The van der Waals surface area contributed by atoms with Crippen LogP contribution in [0.25, 0.3) is 0 Å². The zero-order valence-electron chi connectivity index (χ0n) is 14.9. The Morgan fingerprint density at radius 3 is 2.50 bits per heavy atom. The molecule has 2 heterocycles. The number of nitrogens with one attached hydrogen (secondary N) is 1. The van der Waals surface area contributed by atoms with Crippen LogP contribution in [-0.2, 0) is 14.8 Å². The summed E-state index contributed by atoms with van der Waals surface area (Å²) < 4.78 is 31.9. The van der Waals surface area contributed by atoms with Gasteiger partial charge >= 0.3 is 5.00 Å². The summed E-state index contributed by atoms with van der Waals surface area (Å²) in [6, 6.07) is 6.14. The number of benzene rings is 1. The lowest BCUT2D eigenvalue weighted by atomic mass is 9.97. The molecule has 1 fully saturated rings. The second-order valence-electron chi connectivity index (χ2n) is 6.10. The highest BCUT2D eigenvalue weighted by atomic mass is 32.2. The molecule has 1 N–H and O–H groups in total. The number of hydrogen-bond donors (Lipinski definition) is 1. The molecule has 1 aliphatic rings. The second-order valence-corrected chi connectivity index (χ2v) is 9.05. The Labute approximate surface area is 165 Å². The van der Waals surface area contributed by atoms with Gasteiger partial charge in [-0.1, -0.05) is 0 Å². The summed E-state index contributed by atoms with van der Waals surface area (Å²) in [5, 5.41) is 13.2. The maximum atomic E-state index is 12.7. The number of carbonyl (C=O) groups excluding carboxylic acids is 1. The van der Waals surface area contributed by atoms with Crippen molar-refractivity contribution in [1.29, 1.82) is 0 Å². The Morgan fingerprint density at radius 1 is 1.32 bits per heavy atom. The topological polar surface area (TPSA) is 132 Å². The number of nitro groups is 1. The number of thiazole rings is 1. The largest absolute Gasteiger partial charge is 0.497 e. The second kappa shape index (κ2) is 8.20. The first-order valence-corrected chi connectivity index (χ1v) is 10.6. The van der Waals surface area contributed by atoms with Crippen molar-refractivity contribution in [3.05, 3.63) is 40.6 Å². The lowest BCUT2D eigenvalue weighted by Gasteiger charge is -2.30. The minimum Gasteiger partial charge on any atom is -0.497 e. The highest BCUT2D eigenvalue weighted by Crippen LogP contribution is 2.28. The van der Waals surface area contributed by atoms with Crippen molar-refractivity contribution >= 4 is 37.4 Å². The van der Waals surface area contributed by atoms with E-state index in [1.807, 2.05) is 0 Å². The van der Waals surface area contributed by atoms with Gasteiger partial charge in [0.05, 0.1) is 16.9 Å². The molecular formula is C16H18N4O6S2. The normalized spacial score (nSPS) is 15.9. The smallest absolute Gasteiger partial charge is 0.345 e. The van der Waals surface area contributed by atoms with E-state index in [-0.39, 0.29) is 39.9 Å². The molecule has 0 radical (unpaired) electrons. The summed E-state index contributed by atoms with van der Waals surface area (Å²) in [4.78, 5) is 26.4. The molecule has 12 heteroatoms. The van der Waals surface area contributed by atoms with Crippen LogP contribution in [0.15, 0.2) is 35.4 Å². The van der Waals surface area contributed by atoms with Gasteiger partial charge in [-0.2, -0.15) is 4.31 Å². The fraction of sp³-hybridized carbons (Fsp3) is 0.375. The highest BCUT2D eigenvalue weighted by Gasteiger charge is 2.32. The average molecular weight is 426 g/mol. The lowest BCUT2D eigenvalue weighted by Crippen LogP contribution is -2.41. The third kappa shape index (κ3) is 4.29. The van der Waals surface area contributed by atoms with Crippen molar-refractivity contribution in [2.45, 2.75) is 17.7 Å². The minimum absolute atomic E-state index is 0.157. The predicted molar refractivity (Wildman–Crippen MR) is 102 cm³/mol. The molecule has 1 aromatic carbocycles. The third-order valence-corrected chi connectivity index (χ3v) is 7.20. The van der Waals surface area contributed by atoms with Gasteiger partial charge in [0.15, 0.2) is 5.13 Å². The number of piperidine rings is 1. The number of ether oxygens (including phenoxy) is 1. The van der Waals surface area contributed by atoms with Crippen molar-refractivity contribution < 1.29 is 22.9 Å². The minimum atomic E-state index is -3.64. The first kappa shape index (κ1) is 20.2. The van der Waals surface area contributed by atoms with Crippen LogP contribution in [0.4, 0.5) is 10.1 Å². The highest BCUT2D eigenvalue weighted by molar-refractivity contribution is 7.89. The van der Waals surface area contributed by atoms with Crippen LogP contribution in [0, 0.1) is 16.0 Å². The molecule has 1 aromatic heterocycles. The van der Waals surface area contributed by atoms with Gasteiger partial charge in [0.2, 0.25) is 15.9 Å². The number of carbonyl (C=O) groups is 1. The standard InChI is InChI=1S/C16H18N4O6S2/c1-26-12-2-4-13(5-3-12)28(24,25)19-8-6-11(7-9-19)15(21)18-16-17-10-14(27-16)20(22)23/h2-5,10-11H,6-9H2,1H3,(H,17,18,21). The molecule has 3 rings (SSSR count). The first-order chi connectivity index (χ1) is 13.3. The predicted octanol–water partition coefficient (Wildman–Crippen LogP) is 2.10. The lowest BCUT2D eigenvalue weighted by molar-refractivity contribution is -0.380. The van der Waals surface area contributed by atoms with E-state index in [4.69, 9.17) is 4.74 Å². The monoisotopic (exact) mass is 426 g/mol. The molecule has 1 amide bonds. The molecule has 0 unspecified atom stereocenters. The van der Waals surface area contributed by atoms with Crippen LogP contribution in [0.3, 0.4) is 0 Å². The summed E-state index contributed by atoms with van der Waals surface area (Å²) in [6.07, 6.45) is 1.80. The quantitative estimate of drug-likeness (QED) is 0.552. The summed E-state index contributed by atoms with van der Waals surface area (Å²) in [7, 11) is -2.14. The number of aromatic nitrogens is 1. The maximum Gasteiger partial charge on any atom is 0.345 e. The van der Waals surface area contributed by atoms with Crippen LogP contribution < -0.4 is 10.1 Å². The number of rotatable bonds is 6. The van der Waals surface area contributed by atoms with Crippen LogP contribution in [0.1, 0.15) is 12.8 Å². The Kier molecular flexibility index (Phi) is 5.91. The fourth-order valence-electron chi connectivity index (χ4n) is 2.87. The average Bonchev–Trinajstić information content (AvgIpc) is 3.17. The Balaban J connectivity index is 1.59. The van der Waals surface area contributed by atoms with Crippen molar-refractivity contribution in [2.75, 3.05) is 25.5 Å². The Morgan fingerprint density at radius 2 is 1.96 bits per heavy atom. The molecule has 150 valence electrons. The fourth-order valence-corrected chi connectivity index (χ4v) is 4.98. The summed E-state index contributed by atoms with van der Waals surface area (Å²) in [6.45, 7) is 0.426. The molecule has 2 aromatic rings. The molecule has 0 aliphatic carbocycles. The van der Waals surface area contributed by atoms with Crippen LogP contribution in [0.2, 0.25) is 0 Å². The zero-order valence-corrected chi connectivity index (χ0v) is 16.5. The van der Waals surface area contributed by atoms with Gasteiger partial charge in [0, 0.05) is 19.0 Å². The zero-order chi connectivity index (χ0) is 20.3.